The lowest BCUT2D eigenvalue weighted by atomic mass is 9.95. The van der Waals surface area contributed by atoms with E-state index in [1.165, 1.54) is 0 Å². The van der Waals surface area contributed by atoms with E-state index in [0.29, 0.717) is 12.5 Å². The summed E-state index contributed by atoms with van der Waals surface area (Å²) < 4.78 is 0. The lowest BCUT2D eigenvalue weighted by molar-refractivity contribution is -0.120. The highest BCUT2D eigenvalue weighted by atomic mass is 127. The van der Waals surface area contributed by atoms with E-state index in [-0.39, 0.29) is 48.3 Å². The van der Waals surface area contributed by atoms with Crippen LogP contribution in [0.2, 0.25) is 0 Å². The molecule has 126 valence electrons. The van der Waals surface area contributed by atoms with Gasteiger partial charge in [-0.2, -0.15) is 0 Å². The molecule has 1 aliphatic carbocycles. The molecule has 2 fully saturated rings. The SMILES string of the molecule is CN=C(NCC(=O)NC1CC1)N1CCCC(CC(N)=O)C1.I. The first-order valence-corrected chi connectivity index (χ1v) is 7.61. The van der Waals surface area contributed by atoms with Crippen LogP contribution in [-0.4, -0.2) is 55.4 Å². The first kappa shape index (κ1) is 19.0. The number of rotatable bonds is 5. The van der Waals surface area contributed by atoms with Gasteiger partial charge in [0.15, 0.2) is 5.96 Å². The number of aliphatic imine (C=N–C) groups is 1. The van der Waals surface area contributed by atoms with E-state index in [9.17, 15) is 9.59 Å². The molecule has 0 aromatic carbocycles. The maximum Gasteiger partial charge on any atom is 0.239 e. The molecule has 0 radical (unpaired) electrons. The van der Waals surface area contributed by atoms with Crippen LogP contribution in [0.15, 0.2) is 4.99 Å². The molecule has 2 aliphatic rings. The number of halogens is 1. The van der Waals surface area contributed by atoms with E-state index < -0.39 is 0 Å². The zero-order valence-electron chi connectivity index (χ0n) is 13.0. The van der Waals surface area contributed by atoms with Crippen molar-refractivity contribution in [1.82, 2.24) is 15.5 Å². The van der Waals surface area contributed by atoms with Crippen LogP contribution in [0.3, 0.4) is 0 Å². The highest BCUT2D eigenvalue weighted by Gasteiger charge is 2.25. The second-order valence-electron chi connectivity index (χ2n) is 5.87. The quantitative estimate of drug-likeness (QED) is 0.331. The summed E-state index contributed by atoms with van der Waals surface area (Å²) in [4.78, 5) is 29.1. The minimum absolute atomic E-state index is 0. The summed E-state index contributed by atoms with van der Waals surface area (Å²) >= 11 is 0. The summed E-state index contributed by atoms with van der Waals surface area (Å²) in [6, 6.07) is 0.372. The minimum atomic E-state index is -0.256. The number of carbonyl (C=O) groups excluding carboxylic acids is 2. The number of hydrogen-bond acceptors (Lipinski definition) is 3. The van der Waals surface area contributed by atoms with Crippen molar-refractivity contribution in [3.05, 3.63) is 0 Å². The first-order valence-electron chi connectivity index (χ1n) is 7.61. The summed E-state index contributed by atoms with van der Waals surface area (Å²) in [7, 11) is 1.71. The van der Waals surface area contributed by atoms with E-state index in [2.05, 4.69) is 20.5 Å². The van der Waals surface area contributed by atoms with Crippen molar-refractivity contribution in [2.24, 2.45) is 16.6 Å². The zero-order chi connectivity index (χ0) is 15.2. The molecule has 1 aliphatic heterocycles. The fourth-order valence-corrected chi connectivity index (χ4v) is 2.71. The van der Waals surface area contributed by atoms with Crippen LogP contribution in [0.25, 0.3) is 0 Å². The molecule has 0 spiro atoms. The number of piperidine rings is 1. The molecule has 4 N–H and O–H groups in total. The Morgan fingerprint density at radius 2 is 2.05 bits per heavy atom. The Bertz CT molecular complexity index is 425. The molecule has 0 aromatic rings. The van der Waals surface area contributed by atoms with Crippen LogP contribution in [0.1, 0.15) is 32.1 Å². The molecule has 1 atom stereocenters. The second kappa shape index (κ2) is 9.16. The third kappa shape index (κ3) is 6.37. The maximum absolute atomic E-state index is 11.7. The third-order valence-electron chi connectivity index (χ3n) is 3.87. The highest BCUT2D eigenvalue weighted by molar-refractivity contribution is 14.0. The summed E-state index contributed by atoms with van der Waals surface area (Å²) in [5.41, 5.74) is 5.27. The third-order valence-corrected chi connectivity index (χ3v) is 3.87. The number of carbonyl (C=O) groups is 2. The Morgan fingerprint density at radius 3 is 2.64 bits per heavy atom. The number of likely N-dealkylation sites (tertiary alicyclic amines) is 1. The summed E-state index contributed by atoms with van der Waals surface area (Å²) in [5, 5.41) is 6.03. The molecule has 1 unspecified atom stereocenters. The van der Waals surface area contributed by atoms with Crippen LogP contribution < -0.4 is 16.4 Å². The standard InChI is InChI=1S/C14H25N5O2.HI/c1-16-14(17-8-13(21)18-11-4-5-11)19-6-2-3-10(9-19)7-12(15)20;/h10-11H,2-9H2,1H3,(H2,15,20)(H,16,17)(H,18,21);1H. The van der Waals surface area contributed by atoms with Crippen LogP contribution in [-0.2, 0) is 9.59 Å². The van der Waals surface area contributed by atoms with Crippen molar-refractivity contribution in [1.29, 1.82) is 0 Å². The number of amides is 2. The first-order chi connectivity index (χ1) is 10.1. The smallest absolute Gasteiger partial charge is 0.239 e. The average Bonchev–Trinajstić information content (AvgIpc) is 3.23. The van der Waals surface area contributed by atoms with Crippen molar-refractivity contribution in [2.75, 3.05) is 26.7 Å². The van der Waals surface area contributed by atoms with Gasteiger partial charge in [0.1, 0.15) is 0 Å². The van der Waals surface area contributed by atoms with Gasteiger partial charge in [0.2, 0.25) is 11.8 Å². The Labute approximate surface area is 148 Å². The predicted octanol–water partition coefficient (Wildman–Crippen LogP) is 0.0458. The molecular weight excluding hydrogens is 397 g/mol. The highest BCUT2D eigenvalue weighted by Crippen LogP contribution is 2.19. The van der Waals surface area contributed by atoms with Crippen LogP contribution in [0, 0.1) is 5.92 Å². The van der Waals surface area contributed by atoms with Gasteiger partial charge in [-0.15, -0.1) is 24.0 Å². The van der Waals surface area contributed by atoms with Gasteiger partial charge in [0, 0.05) is 32.6 Å². The van der Waals surface area contributed by atoms with Gasteiger partial charge < -0.3 is 21.3 Å². The molecular formula is C14H26IN5O2. The topological polar surface area (TPSA) is 99.8 Å². The van der Waals surface area contributed by atoms with Crippen LogP contribution >= 0.6 is 24.0 Å². The molecule has 2 rings (SSSR count). The molecule has 22 heavy (non-hydrogen) atoms. The van der Waals surface area contributed by atoms with E-state index in [1.807, 2.05) is 0 Å². The Kier molecular flexibility index (Phi) is 7.91. The fraction of sp³-hybridized carbons (Fsp3) is 0.786. The monoisotopic (exact) mass is 423 g/mol. The van der Waals surface area contributed by atoms with Crippen molar-refractivity contribution >= 4 is 41.8 Å². The molecule has 2 amide bonds. The number of primary amides is 1. The minimum Gasteiger partial charge on any atom is -0.370 e. The average molecular weight is 423 g/mol. The van der Waals surface area contributed by atoms with Crippen molar-refractivity contribution in [3.8, 4) is 0 Å². The fourth-order valence-electron chi connectivity index (χ4n) is 2.71. The number of nitrogens with zero attached hydrogens (tertiary/aromatic N) is 2. The van der Waals surface area contributed by atoms with Gasteiger partial charge in [-0.3, -0.25) is 14.6 Å². The van der Waals surface area contributed by atoms with Gasteiger partial charge in [0.05, 0.1) is 6.54 Å². The normalized spacial score (nSPS) is 21.8. The number of guanidine groups is 1. The van der Waals surface area contributed by atoms with Gasteiger partial charge in [-0.25, -0.2) is 0 Å². The Morgan fingerprint density at radius 1 is 1.32 bits per heavy atom. The summed E-state index contributed by atoms with van der Waals surface area (Å²) in [6.45, 7) is 1.88. The van der Waals surface area contributed by atoms with E-state index in [4.69, 9.17) is 5.73 Å². The molecule has 0 bridgehead atoms. The van der Waals surface area contributed by atoms with Crippen molar-refractivity contribution in [2.45, 2.75) is 38.1 Å². The lowest BCUT2D eigenvalue weighted by Crippen LogP contribution is -2.49. The summed E-state index contributed by atoms with van der Waals surface area (Å²) in [5.74, 6) is 0.739. The largest absolute Gasteiger partial charge is 0.370 e. The molecule has 0 aromatic heterocycles. The second-order valence-corrected chi connectivity index (χ2v) is 5.87. The predicted molar refractivity (Wildman–Crippen MR) is 96.0 cm³/mol. The van der Waals surface area contributed by atoms with Crippen LogP contribution in [0.5, 0.6) is 0 Å². The molecule has 1 saturated carbocycles. The van der Waals surface area contributed by atoms with Gasteiger partial charge in [-0.1, -0.05) is 0 Å². The Balaban J connectivity index is 0.00000242. The summed E-state index contributed by atoms with van der Waals surface area (Å²) in [6.07, 6.45) is 4.60. The molecule has 8 heteroatoms. The number of nitrogens with one attached hydrogen (secondary N) is 2. The van der Waals surface area contributed by atoms with Crippen molar-refractivity contribution < 1.29 is 9.59 Å². The van der Waals surface area contributed by atoms with Crippen molar-refractivity contribution in [3.63, 3.8) is 0 Å². The number of nitrogens with two attached hydrogens (primary N) is 1. The molecule has 1 saturated heterocycles. The number of hydrogen-bond donors (Lipinski definition) is 3. The Hall–Kier alpha value is -1.06. The van der Waals surface area contributed by atoms with Gasteiger partial charge in [-0.05, 0) is 31.6 Å². The lowest BCUT2D eigenvalue weighted by Gasteiger charge is -2.34. The maximum atomic E-state index is 11.7. The molecule has 1 heterocycles. The zero-order valence-corrected chi connectivity index (χ0v) is 15.3. The molecule has 7 nitrogen and oxygen atoms in total. The van der Waals surface area contributed by atoms with E-state index in [1.54, 1.807) is 7.05 Å². The van der Waals surface area contributed by atoms with Gasteiger partial charge in [0.25, 0.3) is 0 Å². The van der Waals surface area contributed by atoms with E-state index in [0.717, 1.165) is 44.7 Å². The van der Waals surface area contributed by atoms with E-state index >= 15 is 0 Å². The van der Waals surface area contributed by atoms with Crippen LogP contribution in [0.4, 0.5) is 0 Å². The van der Waals surface area contributed by atoms with Gasteiger partial charge >= 0.3 is 0 Å².